The zero-order chi connectivity index (χ0) is 10.4. The van der Waals surface area contributed by atoms with Crippen molar-refractivity contribution >= 4 is 79.4 Å². The molecule has 0 N–H and O–H groups in total. The van der Waals surface area contributed by atoms with Gasteiger partial charge in [0.1, 0.15) is 0 Å². The first-order valence-electron chi connectivity index (χ1n) is 3.26. The van der Waals surface area contributed by atoms with Crippen LogP contribution in [0.15, 0.2) is 18.2 Å². The van der Waals surface area contributed by atoms with Gasteiger partial charge >= 0.3 is 108 Å². The monoisotopic (exact) mass is 252 g/mol. The molecule has 0 atom stereocenters. The summed E-state index contributed by atoms with van der Waals surface area (Å²) in [5.74, 6) is 0. The van der Waals surface area contributed by atoms with Crippen LogP contribution in [0.3, 0.4) is 0 Å². The molecule has 0 heterocycles. The molecule has 0 unspecified atom stereocenters. The van der Waals surface area contributed by atoms with Gasteiger partial charge in [-0.2, -0.15) is 0 Å². The summed E-state index contributed by atoms with van der Waals surface area (Å²) in [4.78, 5) is 0. The second kappa shape index (κ2) is 7.57. The van der Waals surface area contributed by atoms with Crippen molar-refractivity contribution in [1.29, 1.82) is 0 Å². The fourth-order valence-electron chi connectivity index (χ4n) is 0.692. The van der Waals surface area contributed by atoms with E-state index in [0.717, 1.165) is 10.0 Å². The molecule has 0 aliphatic heterocycles. The Morgan fingerprint density at radius 2 is 1.31 bits per heavy atom. The Labute approximate surface area is 119 Å². The number of hydrogen-bond donors (Lipinski definition) is 0. The molecule has 1 rings (SSSR count). The maximum Gasteiger partial charge on any atom is 0.762 e. The zero-order valence-electron chi connectivity index (χ0n) is 6.70. The SMILES string of the molecule is Clc1cc(Cl)c[c]([K])c1.FB(F)F. The molecule has 0 radical (unpaired) electrons. The molecular weight excluding hydrogens is 250 g/mol. The predicted octanol–water partition coefficient (Wildman–Crippen LogP) is 2.67. The van der Waals surface area contributed by atoms with Crippen molar-refractivity contribution in [3.8, 4) is 0 Å². The molecular formula is C6H3BCl2F3K. The van der Waals surface area contributed by atoms with Crippen LogP contribution in [0.25, 0.3) is 0 Å². The molecule has 13 heavy (non-hydrogen) atoms. The van der Waals surface area contributed by atoms with E-state index < -0.39 is 7.54 Å². The largest absolute Gasteiger partial charge is 0.762 e. The van der Waals surface area contributed by atoms with E-state index in [-0.39, 0.29) is 0 Å². The summed E-state index contributed by atoms with van der Waals surface area (Å²) in [5.41, 5.74) is 0. The third-order valence-electron chi connectivity index (χ3n) is 1.01. The molecule has 0 nitrogen and oxygen atoms in total. The van der Waals surface area contributed by atoms with Gasteiger partial charge in [-0.3, -0.25) is 12.9 Å². The average Bonchev–Trinajstić information content (AvgIpc) is 1.80. The van der Waals surface area contributed by atoms with E-state index in [0.29, 0.717) is 49.0 Å². The molecule has 0 bridgehead atoms. The van der Waals surface area contributed by atoms with Gasteiger partial charge in [-0.1, -0.05) is 0 Å². The Morgan fingerprint density at radius 3 is 1.54 bits per heavy atom. The molecule has 0 amide bonds. The summed E-state index contributed by atoms with van der Waals surface area (Å²) in [6.45, 7) is 0. The van der Waals surface area contributed by atoms with E-state index in [2.05, 4.69) is 0 Å². The second-order valence-corrected chi connectivity index (χ2v) is 4.87. The minimum atomic E-state index is -3.67. The fraction of sp³-hybridized carbons (Fsp3) is 0. The fourth-order valence-corrected chi connectivity index (χ4v) is 2.87. The van der Waals surface area contributed by atoms with Crippen LogP contribution in [0.5, 0.6) is 0 Å². The van der Waals surface area contributed by atoms with Gasteiger partial charge in [0.15, 0.2) is 0 Å². The molecule has 0 aromatic heterocycles. The van der Waals surface area contributed by atoms with Gasteiger partial charge in [-0.25, -0.2) is 0 Å². The summed E-state index contributed by atoms with van der Waals surface area (Å²) in [6, 6.07) is 5.65. The quantitative estimate of drug-likeness (QED) is 0.623. The number of halogens is 5. The van der Waals surface area contributed by atoms with Gasteiger partial charge in [0.05, 0.1) is 0 Å². The van der Waals surface area contributed by atoms with Crippen molar-refractivity contribution in [2.24, 2.45) is 0 Å². The van der Waals surface area contributed by atoms with Crippen LogP contribution in [0.2, 0.25) is 10.0 Å². The summed E-state index contributed by atoms with van der Waals surface area (Å²) in [6.07, 6.45) is 0. The van der Waals surface area contributed by atoms with Gasteiger partial charge in [0.25, 0.3) is 0 Å². The summed E-state index contributed by atoms with van der Waals surface area (Å²) in [7, 11) is -3.67. The smallest absolute Gasteiger partial charge is 0.254 e. The van der Waals surface area contributed by atoms with Crippen LogP contribution in [0, 0.1) is 0 Å². The summed E-state index contributed by atoms with van der Waals surface area (Å²) in [5, 5.41) is 1.48. The first kappa shape index (κ1) is 14.3. The normalized spacial score (nSPS) is 8.85. The topological polar surface area (TPSA) is 0 Å². The van der Waals surface area contributed by atoms with E-state index in [9.17, 15) is 12.9 Å². The molecule has 0 aliphatic carbocycles. The Hall–Kier alpha value is 1.29. The molecule has 0 aliphatic rings. The first-order valence-corrected chi connectivity index (χ1v) is 5.58. The number of benzene rings is 1. The van der Waals surface area contributed by atoms with Crippen LogP contribution in [0.4, 0.5) is 12.9 Å². The van der Waals surface area contributed by atoms with E-state index in [1.165, 1.54) is -0.342 Å². The van der Waals surface area contributed by atoms with Crippen LogP contribution >= 0.6 is 23.2 Å². The molecule has 0 fully saturated rings. The van der Waals surface area contributed by atoms with Gasteiger partial charge in [-0.15, -0.1) is 0 Å². The third-order valence-corrected chi connectivity index (χ3v) is 2.34. The Kier molecular flexibility index (Phi) is 8.32. The minimum Gasteiger partial charge on any atom is -0.254 e. The molecule has 1 aromatic carbocycles. The maximum atomic E-state index is 9.67. The van der Waals surface area contributed by atoms with Gasteiger partial charge in [0.2, 0.25) is 0 Å². The van der Waals surface area contributed by atoms with E-state index in [1.807, 2.05) is 12.1 Å². The standard InChI is InChI=1S/C6H3Cl2.BF3.K/c7-5-2-1-3-6(8)4-5;2-1(3)4;/h2-4H;;. The van der Waals surface area contributed by atoms with Crippen molar-refractivity contribution in [1.82, 2.24) is 0 Å². The van der Waals surface area contributed by atoms with Crippen molar-refractivity contribution in [2.75, 3.05) is 0 Å². The predicted molar refractivity (Wildman–Crippen MR) is 50.9 cm³/mol. The van der Waals surface area contributed by atoms with Crippen LogP contribution < -0.4 is -0.342 Å². The Morgan fingerprint density at radius 1 is 1.00 bits per heavy atom. The van der Waals surface area contributed by atoms with Gasteiger partial charge in [-0.05, 0) is 0 Å². The van der Waals surface area contributed by atoms with Crippen LogP contribution in [-0.2, 0) is 0 Å². The molecule has 0 saturated heterocycles. The third kappa shape index (κ3) is 9.59. The molecule has 1 aromatic rings. The Bertz CT molecular complexity index is 219. The zero-order valence-corrected chi connectivity index (χ0v) is 11.3. The van der Waals surface area contributed by atoms with Crippen LogP contribution in [0.1, 0.15) is 0 Å². The van der Waals surface area contributed by atoms with Gasteiger partial charge in [0, 0.05) is 0 Å². The molecule has 0 spiro atoms. The van der Waals surface area contributed by atoms with Crippen molar-refractivity contribution in [3.63, 3.8) is 0 Å². The van der Waals surface area contributed by atoms with Crippen LogP contribution in [-0.4, -0.2) is 56.5 Å². The molecule has 0 saturated carbocycles. The van der Waals surface area contributed by atoms with Gasteiger partial charge < -0.3 is 0 Å². The van der Waals surface area contributed by atoms with E-state index in [4.69, 9.17) is 23.2 Å². The van der Waals surface area contributed by atoms with E-state index in [1.54, 1.807) is 6.07 Å². The van der Waals surface area contributed by atoms with Crippen molar-refractivity contribution < 1.29 is 12.9 Å². The number of rotatable bonds is 0. The maximum absolute atomic E-state index is 9.67. The first-order chi connectivity index (χ1) is 5.91. The Balaban J connectivity index is 0.000000310. The average molecular weight is 253 g/mol. The minimum absolute atomic E-state index is 0.668. The van der Waals surface area contributed by atoms with E-state index >= 15 is 0 Å². The summed E-state index contributed by atoms with van der Waals surface area (Å²) < 4.78 is 30.3. The van der Waals surface area contributed by atoms with Crippen molar-refractivity contribution in [2.45, 2.75) is 0 Å². The summed E-state index contributed by atoms with van der Waals surface area (Å²) >= 11 is 12.1. The van der Waals surface area contributed by atoms with Crippen molar-refractivity contribution in [3.05, 3.63) is 28.2 Å². The molecule has 7 heteroatoms. The molecule has 66 valence electrons. The second-order valence-electron chi connectivity index (χ2n) is 2.19. The number of hydrogen-bond acceptors (Lipinski definition) is 0.